The van der Waals surface area contributed by atoms with Gasteiger partial charge in [-0.2, -0.15) is 0 Å². The number of ketones is 1. The molecule has 5 nitrogen and oxygen atoms in total. The number of ether oxygens (including phenoxy) is 1. The number of amides is 1. The Morgan fingerprint density at radius 3 is 2.68 bits per heavy atom. The predicted molar refractivity (Wildman–Crippen MR) is 94.4 cm³/mol. The first-order valence-electron chi connectivity index (χ1n) is 9.01. The van der Waals surface area contributed by atoms with E-state index < -0.39 is 5.60 Å². The van der Waals surface area contributed by atoms with Crippen molar-refractivity contribution in [2.45, 2.75) is 52.1 Å². The molecular formula is C20H23NO4. The molecule has 25 heavy (non-hydrogen) atoms. The van der Waals surface area contributed by atoms with E-state index in [-0.39, 0.29) is 11.7 Å². The zero-order valence-electron chi connectivity index (χ0n) is 15.0. The minimum Gasteiger partial charge on any atom is -0.486 e. The van der Waals surface area contributed by atoms with Crippen LogP contribution in [0, 0.1) is 6.92 Å². The Morgan fingerprint density at radius 1 is 1.28 bits per heavy atom. The average molecular weight is 341 g/mol. The van der Waals surface area contributed by atoms with Crippen molar-refractivity contribution in [2.24, 2.45) is 0 Å². The largest absolute Gasteiger partial charge is 0.486 e. The maximum atomic E-state index is 12.8. The molecule has 0 spiro atoms. The third kappa shape index (κ3) is 2.44. The monoisotopic (exact) mass is 341 g/mol. The van der Waals surface area contributed by atoms with Gasteiger partial charge in [0.25, 0.3) is 5.91 Å². The second-order valence-electron chi connectivity index (χ2n) is 7.37. The van der Waals surface area contributed by atoms with Gasteiger partial charge in [-0.15, -0.1) is 0 Å². The molecule has 2 aliphatic rings. The van der Waals surface area contributed by atoms with Crippen molar-refractivity contribution in [1.82, 2.24) is 4.90 Å². The highest BCUT2D eigenvalue weighted by Crippen LogP contribution is 2.41. The Kier molecular flexibility index (Phi) is 3.63. The molecule has 1 saturated heterocycles. The van der Waals surface area contributed by atoms with Gasteiger partial charge in [-0.05, 0) is 45.2 Å². The Morgan fingerprint density at radius 2 is 2.00 bits per heavy atom. The summed E-state index contributed by atoms with van der Waals surface area (Å²) < 4.78 is 12.0. The van der Waals surface area contributed by atoms with Crippen molar-refractivity contribution in [2.75, 3.05) is 13.1 Å². The third-order valence-electron chi connectivity index (χ3n) is 5.56. The summed E-state index contributed by atoms with van der Waals surface area (Å²) in [6.45, 7) is 7.38. The lowest BCUT2D eigenvalue weighted by atomic mass is 9.87. The average Bonchev–Trinajstić information content (AvgIpc) is 3.22. The van der Waals surface area contributed by atoms with Gasteiger partial charge in [-0.3, -0.25) is 9.59 Å². The van der Waals surface area contributed by atoms with E-state index in [9.17, 15) is 9.59 Å². The van der Waals surface area contributed by atoms with Crippen LogP contribution in [0.5, 0.6) is 5.75 Å². The highest BCUT2D eigenvalue weighted by Gasteiger charge is 2.37. The standard InChI is InChI=1S/C20H23NO4/c1-4-20(3)11-13(22)17-15(25-20)8-7-14-16(17)12(2)18(24-14)19(23)21-9-5-6-10-21/h7-8H,4-6,9-11H2,1-3H3. The highest BCUT2D eigenvalue weighted by molar-refractivity contribution is 6.13. The zero-order chi connectivity index (χ0) is 17.8. The van der Waals surface area contributed by atoms with Crippen molar-refractivity contribution in [3.63, 3.8) is 0 Å². The number of hydrogen-bond donors (Lipinski definition) is 0. The van der Waals surface area contributed by atoms with E-state index in [1.54, 1.807) is 12.1 Å². The van der Waals surface area contributed by atoms with Crippen LogP contribution in [0.2, 0.25) is 0 Å². The van der Waals surface area contributed by atoms with Crippen LogP contribution < -0.4 is 4.74 Å². The summed E-state index contributed by atoms with van der Waals surface area (Å²) >= 11 is 0. The van der Waals surface area contributed by atoms with Gasteiger partial charge in [-0.25, -0.2) is 0 Å². The van der Waals surface area contributed by atoms with E-state index in [1.807, 2.05) is 25.7 Å². The predicted octanol–water partition coefficient (Wildman–Crippen LogP) is 4.11. The number of carbonyl (C=O) groups excluding carboxylic acids is 2. The number of fused-ring (bicyclic) bond motifs is 3. The Hall–Kier alpha value is -2.30. The first-order valence-corrected chi connectivity index (χ1v) is 9.01. The van der Waals surface area contributed by atoms with E-state index in [2.05, 4.69) is 0 Å². The summed E-state index contributed by atoms with van der Waals surface area (Å²) in [5, 5.41) is 0.725. The molecule has 5 heteroatoms. The summed E-state index contributed by atoms with van der Waals surface area (Å²) in [6, 6.07) is 3.59. The Balaban J connectivity index is 1.84. The number of likely N-dealkylation sites (tertiary alicyclic amines) is 1. The molecule has 0 N–H and O–H groups in total. The maximum Gasteiger partial charge on any atom is 0.289 e. The van der Waals surface area contributed by atoms with E-state index >= 15 is 0 Å². The van der Waals surface area contributed by atoms with Crippen LogP contribution in [-0.2, 0) is 0 Å². The summed E-state index contributed by atoms with van der Waals surface area (Å²) in [5.74, 6) is 0.918. The fourth-order valence-electron chi connectivity index (χ4n) is 3.88. The topological polar surface area (TPSA) is 59.8 Å². The van der Waals surface area contributed by atoms with Gasteiger partial charge >= 0.3 is 0 Å². The Labute approximate surface area is 146 Å². The lowest BCUT2D eigenvalue weighted by Gasteiger charge is -2.34. The van der Waals surface area contributed by atoms with E-state index in [0.29, 0.717) is 29.1 Å². The molecule has 0 bridgehead atoms. The number of rotatable bonds is 2. The first-order chi connectivity index (χ1) is 11.9. The molecule has 1 unspecified atom stereocenters. The molecule has 1 aromatic heterocycles. The van der Waals surface area contributed by atoms with Crippen LogP contribution >= 0.6 is 0 Å². The van der Waals surface area contributed by atoms with Gasteiger partial charge in [-0.1, -0.05) is 6.92 Å². The van der Waals surface area contributed by atoms with Gasteiger partial charge in [0.15, 0.2) is 11.5 Å². The number of furan rings is 1. The van der Waals surface area contributed by atoms with Gasteiger partial charge < -0.3 is 14.1 Å². The number of nitrogens with zero attached hydrogens (tertiary/aromatic N) is 1. The summed E-state index contributed by atoms with van der Waals surface area (Å²) in [4.78, 5) is 27.4. The molecule has 2 aromatic rings. The second-order valence-corrected chi connectivity index (χ2v) is 7.37. The quantitative estimate of drug-likeness (QED) is 0.825. The van der Waals surface area contributed by atoms with Crippen LogP contribution in [0.3, 0.4) is 0 Å². The van der Waals surface area contributed by atoms with Gasteiger partial charge in [0.2, 0.25) is 0 Å². The SMILES string of the molecule is CCC1(C)CC(=O)c2c(ccc3oc(C(=O)N4CCCC4)c(C)c23)O1. The number of Topliss-reactive ketones (excluding diaryl/α,β-unsaturated/α-hetero) is 1. The summed E-state index contributed by atoms with van der Waals surface area (Å²) in [6.07, 6.45) is 3.17. The molecule has 1 amide bonds. The fourth-order valence-corrected chi connectivity index (χ4v) is 3.88. The lowest BCUT2D eigenvalue weighted by Crippen LogP contribution is -2.38. The van der Waals surface area contributed by atoms with Gasteiger partial charge in [0.05, 0.1) is 12.0 Å². The summed E-state index contributed by atoms with van der Waals surface area (Å²) in [5.41, 5.74) is 1.41. The second kappa shape index (κ2) is 5.61. The molecule has 2 aliphatic heterocycles. The van der Waals surface area contributed by atoms with Crippen molar-refractivity contribution < 1.29 is 18.7 Å². The lowest BCUT2D eigenvalue weighted by molar-refractivity contribution is 0.0502. The number of carbonyl (C=O) groups is 2. The molecular weight excluding hydrogens is 318 g/mol. The molecule has 1 atom stereocenters. The number of aryl methyl sites for hydroxylation is 1. The number of hydrogen-bond acceptors (Lipinski definition) is 4. The first kappa shape index (κ1) is 16.2. The van der Waals surface area contributed by atoms with Crippen molar-refractivity contribution in [3.8, 4) is 5.75 Å². The smallest absolute Gasteiger partial charge is 0.289 e. The molecule has 3 heterocycles. The number of benzene rings is 1. The summed E-state index contributed by atoms with van der Waals surface area (Å²) in [7, 11) is 0. The van der Waals surface area contributed by atoms with Crippen molar-refractivity contribution in [1.29, 1.82) is 0 Å². The Bertz CT molecular complexity index is 875. The zero-order valence-corrected chi connectivity index (χ0v) is 15.0. The minimum absolute atomic E-state index is 0.0558. The fraction of sp³-hybridized carbons (Fsp3) is 0.500. The molecule has 0 aliphatic carbocycles. The van der Waals surface area contributed by atoms with Crippen LogP contribution in [0.25, 0.3) is 11.0 Å². The van der Waals surface area contributed by atoms with Crippen LogP contribution in [0.4, 0.5) is 0 Å². The van der Waals surface area contributed by atoms with Crippen molar-refractivity contribution >= 4 is 22.7 Å². The van der Waals surface area contributed by atoms with Crippen LogP contribution in [-0.4, -0.2) is 35.3 Å². The van der Waals surface area contributed by atoms with Gasteiger partial charge in [0.1, 0.15) is 16.9 Å². The van der Waals surface area contributed by atoms with Gasteiger partial charge in [0, 0.05) is 24.0 Å². The van der Waals surface area contributed by atoms with Crippen LogP contribution in [0.1, 0.15) is 66.0 Å². The van der Waals surface area contributed by atoms with E-state index in [0.717, 1.165) is 43.3 Å². The van der Waals surface area contributed by atoms with E-state index in [1.165, 1.54) is 0 Å². The minimum atomic E-state index is -0.469. The van der Waals surface area contributed by atoms with E-state index in [4.69, 9.17) is 9.15 Å². The molecule has 1 aromatic carbocycles. The molecule has 0 saturated carbocycles. The third-order valence-corrected chi connectivity index (χ3v) is 5.56. The molecule has 4 rings (SSSR count). The van der Waals surface area contributed by atoms with Crippen LogP contribution in [0.15, 0.2) is 16.5 Å². The molecule has 0 radical (unpaired) electrons. The van der Waals surface area contributed by atoms with Crippen molar-refractivity contribution in [3.05, 3.63) is 29.0 Å². The molecule has 132 valence electrons. The molecule has 1 fully saturated rings. The normalized spacial score (nSPS) is 23.0. The highest BCUT2D eigenvalue weighted by atomic mass is 16.5. The maximum absolute atomic E-state index is 12.8.